The van der Waals surface area contributed by atoms with Gasteiger partial charge in [0, 0.05) is 0 Å². The molecule has 110 valence electrons. The van der Waals surface area contributed by atoms with E-state index in [0.717, 1.165) is 0 Å². The van der Waals surface area contributed by atoms with Crippen molar-refractivity contribution in [2.24, 2.45) is 0 Å². The molecule has 0 fully saturated rings. The monoisotopic (exact) mass is 322 g/mol. The van der Waals surface area contributed by atoms with Crippen LogP contribution in [-0.2, 0) is 4.75 Å². The maximum absolute atomic E-state index is 2.23. The lowest BCUT2D eigenvalue weighted by Gasteiger charge is -2.34. The summed E-state index contributed by atoms with van der Waals surface area (Å²) in [5.74, 6) is 0. The van der Waals surface area contributed by atoms with Gasteiger partial charge in [-0.1, -0.05) is 113 Å². The van der Waals surface area contributed by atoms with Gasteiger partial charge in [-0.3, -0.25) is 0 Å². The van der Waals surface area contributed by atoms with Crippen LogP contribution in [0, 0.1) is 0 Å². The highest BCUT2D eigenvalue weighted by Crippen LogP contribution is 2.52. The van der Waals surface area contributed by atoms with Crippen molar-refractivity contribution in [2.45, 2.75) is 4.75 Å². The van der Waals surface area contributed by atoms with Gasteiger partial charge >= 0.3 is 0 Å². The van der Waals surface area contributed by atoms with Gasteiger partial charge < -0.3 is 0 Å². The molecule has 0 aliphatic carbocycles. The minimum absolute atomic E-state index is 0.191. The zero-order valence-corrected chi connectivity index (χ0v) is 14.1. The molecule has 0 unspecified atom stereocenters. The van der Waals surface area contributed by atoms with Gasteiger partial charge in [-0.2, -0.15) is 0 Å². The molecule has 0 aliphatic rings. The number of benzene rings is 3. The lowest BCUT2D eigenvalue weighted by molar-refractivity contribution is 0.903. The summed E-state index contributed by atoms with van der Waals surface area (Å²) in [4.78, 5) is 0. The molecule has 0 aromatic heterocycles. The zero-order chi connectivity index (χ0) is 15.3. The Bertz CT molecular complexity index is 597. The minimum Gasteiger partial charge on any atom is -0.0960 e. The van der Waals surface area contributed by atoms with E-state index in [0.29, 0.717) is 0 Å². The second-order valence-corrected chi connectivity index (χ2v) is 7.64. The first-order chi connectivity index (χ1) is 10.9. The van der Waals surface area contributed by atoms with Crippen molar-refractivity contribution < 1.29 is 0 Å². The maximum Gasteiger partial charge on any atom is 0.101 e. The quantitative estimate of drug-likeness (QED) is 0.418. The highest BCUT2D eigenvalue weighted by atomic mass is 33.1. The normalized spacial score (nSPS) is 11.3. The summed E-state index contributed by atoms with van der Waals surface area (Å²) in [5, 5.41) is 0. The lowest BCUT2D eigenvalue weighted by Crippen LogP contribution is -2.24. The molecule has 0 nitrogen and oxygen atoms in total. The third-order valence-electron chi connectivity index (χ3n) is 3.75. The fraction of sp³-hybridized carbons (Fsp3) is 0.100. The van der Waals surface area contributed by atoms with Crippen molar-refractivity contribution in [3.05, 3.63) is 108 Å². The van der Waals surface area contributed by atoms with Gasteiger partial charge in [0.25, 0.3) is 0 Å². The van der Waals surface area contributed by atoms with Crippen molar-refractivity contribution in [3.8, 4) is 0 Å². The molecule has 3 aromatic rings. The van der Waals surface area contributed by atoms with Crippen molar-refractivity contribution >= 4 is 21.6 Å². The zero-order valence-electron chi connectivity index (χ0n) is 12.5. The molecule has 0 amide bonds. The van der Waals surface area contributed by atoms with Crippen molar-refractivity contribution in [1.82, 2.24) is 0 Å². The Kier molecular flexibility index (Phi) is 4.91. The fourth-order valence-electron chi connectivity index (χ4n) is 2.79. The van der Waals surface area contributed by atoms with Crippen LogP contribution < -0.4 is 0 Å². The van der Waals surface area contributed by atoms with Gasteiger partial charge in [-0.25, -0.2) is 0 Å². The van der Waals surface area contributed by atoms with Crippen LogP contribution in [0.3, 0.4) is 0 Å². The van der Waals surface area contributed by atoms with Crippen molar-refractivity contribution in [2.75, 3.05) is 6.26 Å². The molecule has 22 heavy (non-hydrogen) atoms. The highest BCUT2D eigenvalue weighted by Gasteiger charge is 2.36. The molecule has 2 heteroatoms. The Hall–Kier alpha value is -1.64. The molecule has 3 rings (SSSR count). The summed E-state index contributed by atoms with van der Waals surface area (Å²) in [6.45, 7) is 0. The molecule has 0 N–H and O–H groups in total. The van der Waals surface area contributed by atoms with Crippen LogP contribution >= 0.6 is 21.6 Å². The summed E-state index contributed by atoms with van der Waals surface area (Å²) >= 11 is 0. The smallest absolute Gasteiger partial charge is 0.0960 e. The maximum atomic E-state index is 2.23. The molecule has 0 saturated heterocycles. The van der Waals surface area contributed by atoms with E-state index in [1.165, 1.54) is 16.7 Å². The summed E-state index contributed by atoms with van der Waals surface area (Å²) < 4.78 is -0.191. The molecule has 3 aromatic carbocycles. The van der Waals surface area contributed by atoms with E-state index in [1.54, 1.807) is 0 Å². The molecule has 0 saturated carbocycles. The van der Waals surface area contributed by atoms with Gasteiger partial charge in [0.15, 0.2) is 0 Å². The lowest BCUT2D eigenvalue weighted by atomic mass is 9.84. The third kappa shape index (κ3) is 2.81. The van der Waals surface area contributed by atoms with E-state index in [2.05, 4.69) is 97.3 Å². The average molecular weight is 322 g/mol. The molecule has 0 atom stereocenters. The van der Waals surface area contributed by atoms with Gasteiger partial charge in [-0.15, -0.1) is 0 Å². The fourth-order valence-corrected chi connectivity index (χ4v) is 5.35. The van der Waals surface area contributed by atoms with E-state index in [1.807, 2.05) is 21.6 Å². The number of hydrogen-bond acceptors (Lipinski definition) is 2. The summed E-state index contributed by atoms with van der Waals surface area (Å²) in [7, 11) is 3.71. The Balaban J connectivity index is 2.29. The number of hydrogen-bond donors (Lipinski definition) is 0. The second-order valence-electron chi connectivity index (χ2n) is 5.03. The topological polar surface area (TPSA) is 0 Å². The second kappa shape index (κ2) is 7.08. The first kappa shape index (κ1) is 15.3. The van der Waals surface area contributed by atoms with Gasteiger partial charge in [-0.05, 0) is 22.9 Å². The first-order valence-electron chi connectivity index (χ1n) is 7.26. The molecule has 0 spiro atoms. The van der Waals surface area contributed by atoms with Gasteiger partial charge in [0.05, 0.1) is 0 Å². The molecule has 0 heterocycles. The number of rotatable bonds is 5. The largest absolute Gasteiger partial charge is 0.101 e. The van der Waals surface area contributed by atoms with Crippen LogP contribution in [0.2, 0.25) is 0 Å². The van der Waals surface area contributed by atoms with E-state index >= 15 is 0 Å². The highest BCUT2D eigenvalue weighted by molar-refractivity contribution is 8.76. The molecule has 0 bridgehead atoms. The van der Waals surface area contributed by atoms with Crippen molar-refractivity contribution in [1.29, 1.82) is 0 Å². The van der Waals surface area contributed by atoms with E-state index < -0.39 is 0 Å². The standard InChI is InChI=1S/C20H18S2/c1-21-22-20(17-11-5-2-6-12-17,18-13-7-3-8-14-18)19-15-9-4-10-16-19/h2-16H,1H3. The van der Waals surface area contributed by atoms with Gasteiger partial charge in [0.2, 0.25) is 0 Å². The van der Waals surface area contributed by atoms with E-state index in [-0.39, 0.29) is 4.75 Å². The SMILES string of the molecule is CSSC(c1ccccc1)(c1ccccc1)c1ccccc1. The Morgan fingerprint density at radius 1 is 0.545 bits per heavy atom. The van der Waals surface area contributed by atoms with Crippen LogP contribution in [-0.4, -0.2) is 6.26 Å². The predicted octanol–water partition coefficient (Wildman–Crippen LogP) is 5.99. The predicted molar refractivity (Wildman–Crippen MR) is 100 cm³/mol. The van der Waals surface area contributed by atoms with Crippen LogP contribution in [0.4, 0.5) is 0 Å². The Labute approximate surface area is 140 Å². The first-order valence-corrected chi connectivity index (χ1v) is 9.82. The van der Waals surface area contributed by atoms with Crippen LogP contribution in [0.1, 0.15) is 16.7 Å². The molecular weight excluding hydrogens is 304 g/mol. The summed E-state index contributed by atoms with van der Waals surface area (Å²) in [5.41, 5.74) is 3.94. The van der Waals surface area contributed by atoms with Crippen LogP contribution in [0.15, 0.2) is 91.0 Å². The molecule has 0 aliphatic heterocycles. The third-order valence-corrected chi connectivity index (χ3v) is 6.12. The van der Waals surface area contributed by atoms with Crippen LogP contribution in [0.5, 0.6) is 0 Å². The Morgan fingerprint density at radius 2 is 0.864 bits per heavy atom. The van der Waals surface area contributed by atoms with E-state index in [4.69, 9.17) is 0 Å². The summed E-state index contributed by atoms with van der Waals surface area (Å²) in [6.07, 6.45) is 2.15. The van der Waals surface area contributed by atoms with Crippen LogP contribution in [0.25, 0.3) is 0 Å². The Morgan fingerprint density at radius 3 is 1.14 bits per heavy atom. The average Bonchev–Trinajstić information content (AvgIpc) is 2.62. The molecular formula is C20H18S2. The van der Waals surface area contributed by atoms with Gasteiger partial charge in [0.1, 0.15) is 4.75 Å². The minimum atomic E-state index is -0.191. The molecule has 0 radical (unpaired) electrons. The summed E-state index contributed by atoms with van der Waals surface area (Å²) in [6, 6.07) is 32.3. The van der Waals surface area contributed by atoms with Crippen molar-refractivity contribution in [3.63, 3.8) is 0 Å². The van der Waals surface area contributed by atoms with E-state index in [9.17, 15) is 0 Å².